The first-order chi connectivity index (χ1) is 15.0. The van der Waals surface area contributed by atoms with Crippen LogP contribution in [0, 0.1) is 24.1 Å². The molecule has 4 rings (SSSR count). The molecule has 0 aliphatic carbocycles. The quantitative estimate of drug-likeness (QED) is 0.313. The van der Waals surface area contributed by atoms with Crippen LogP contribution >= 0.6 is 27.3 Å². The lowest BCUT2D eigenvalue weighted by molar-refractivity contribution is 0.497. The number of hydrogen-bond acceptors (Lipinski definition) is 6. The third kappa shape index (κ3) is 3.91. The molecule has 0 spiro atoms. The lowest BCUT2D eigenvalue weighted by atomic mass is 10.1. The van der Waals surface area contributed by atoms with Gasteiger partial charge in [-0.25, -0.2) is 23.4 Å². The number of nitriles is 1. The molecular weight excluding hydrogens is 486 g/mol. The van der Waals surface area contributed by atoms with E-state index in [0.29, 0.717) is 43.7 Å². The van der Waals surface area contributed by atoms with Crippen LogP contribution in [0.5, 0.6) is 0 Å². The number of nitrogens with zero attached hydrogens (tertiary/aromatic N) is 6. The minimum Gasteiger partial charge on any atom is -0.298 e. The van der Waals surface area contributed by atoms with Crippen molar-refractivity contribution < 1.29 is 8.78 Å². The van der Waals surface area contributed by atoms with Crippen LogP contribution in [-0.2, 0) is 6.54 Å². The van der Waals surface area contributed by atoms with Crippen LogP contribution in [0.25, 0.3) is 22.3 Å². The highest BCUT2D eigenvalue weighted by atomic mass is 79.9. The molecule has 0 unspecified atom stereocenters. The van der Waals surface area contributed by atoms with Crippen molar-refractivity contribution in [2.45, 2.75) is 20.4 Å². The van der Waals surface area contributed by atoms with E-state index in [0.717, 1.165) is 22.4 Å². The summed E-state index contributed by atoms with van der Waals surface area (Å²) in [4.78, 5) is 11.3. The Balaban J connectivity index is 1.92. The van der Waals surface area contributed by atoms with Gasteiger partial charge in [-0.2, -0.15) is 10.4 Å². The number of thiazole rings is 1. The molecule has 0 bridgehead atoms. The van der Waals surface area contributed by atoms with Crippen molar-refractivity contribution in [1.29, 1.82) is 5.26 Å². The maximum atomic E-state index is 13.6. The van der Waals surface area contributed by atoms with Gasteiger partial charge < -0.3 is 0 Å². The summed E-state index contributed by atoms with van der Waals surface area (Å²) in [5, 5.41) is 14.8. The predicted molar refractivity (Wildman–Crippen MR) is 121 cm³/mol. The molecule has 0 saturated heterocycles. The topological polar surface area (TPSA) is 70.6 Å². The number of fused-ring (bicyclic) bond motifs is 1. The zero-order chi connectivity index (χ0) is 22.1. The second kappa shape index (κ2) is 8.69. The van der Waals surface area contributed by atoms with Gasteiger partial charge in [-0.1, -0.05) is 11.3 Å². The van der Waals surface area contributed by atoms with Crippen LogP contribution in [-0.4, -0.2) is 33.0 Å². The number of pyridine rings is 1. The van der Waals surface area contributed by atoms with E-state index < -0.39 is 6.67 Å². The van der Waals surface area contributed by atoms with Crippen LogP contribution in [0.15, 0.2) is 34.9 Å². The number of aryl methyl sites for hydroxylation is 2. The average molecular weight is 503 g/mol. The normalized spacial score (nSPS) is 11.1. The second-order valence-electron chi connectivity index (χ2n) is 6.73. The van der Waals surface area contributed by atoms with E-state index in [1.54, 1.807) is 21.7 Å². The Morgan fingerprint density at radius 3 is 2.61 bits per heavy atom. The summed E-state index contributed by atoms with van der Waals surface area (Å²) in [5.74, 6) is 0.241. The Labute approximate surface area is 189 Å². The predicted octanol–water partition coefficient (Wildman–Crippen LogP) is 5.76. The van der Waals surface area contributed by atoms with Gasteiger partial charge in [0.15, 0.2) is 10.9 Å². The molecule has 10 heteroatoms. The Morgan fingerprint density at radius 1 is 1.23 bits per heavy atom. The van der Waals surface area contributed by atoms with Gasteiger partial charge in [0, 0.05) is 12.1 Å². The van der Waals surface area contributed by atoms with Crippen LogP contribution in [0.3, 0.4) is 0 Å². The molecule has 3 aromatic heterocycles. The van der Waals surface area contributed by atoms with Gasteiger partial charge in [0.05, 0.1) is 6.54 Å². The van der Waals surface area contributed by atoms with Crippen molar-refractivity contribution in [2.75, 3.05) is 18.1 Å². The van der Waals surface area contributed by atoms with Crippen molar-refractivity contribution in [3.8, 4) is 17.3 Å². The number of alkyl halides is 1. The average Bonchev–Trinajstić information content (AvgIpc) is 3.34. The van der Waals surface area contributed by atoms with Crippen LogP contribution < -0.4 is 4.90 Å². The molecule has 0 aliphatic heterocycles. The zero-order valence-electron chi connectivity index (χ0n) is 16.7. The molecule has 1 aromatic carbocycles. The van der Waals surface area contributed by atoms with E-state index in [4.69, 9.17) is 0 Å². The van der Waals surface area contributed by atoms with Gasteiger partial charge in [-0.15, -0.1) is 0 Å². The summed E-state index contributed by atoms with van der Waals surface area (Å²) < 4.78 is 29.4. The summed E-state index contributed by atoms with van der Waals surface area (Å²) in [7, 11) is 0. The first kappa shape index (κ1) is 21.3. The zero-order valence-corrected chi connectivity index (χ0v) is 19.1. The molecule has 6 nitrogen and oxygen atoms in total. The third-order valence-electron chi connectivity index (χ3n) is 4.76. The maximum absolute atomic E-state index is 13.6. The van der Waals surface area contributed by atoms with Crippen LogP contribution in [0.2, 0.25) is 0 Å². The number of hydrogen-bond donors (Lipinski definition) is 0. The molecular formula is C21H17BrF2N6S. The van der Waals surface area contributed by atoms with E-state index in [1.807, 2.05) is 19.9 Å². The van der Waals surface area contributed by atoms with E-state index in [2.05, 4.69) is 37.1 Å². The van der Waals surface area contributed by atoms with Gasteiger partial charge in [-0.05, 0) is 65.7 Å². The van der Waals surface area contributed by atoms with E-state index in [-0.39, 0.29) is 12.4 Å². The van der Waals surface area contributed by atoms with Crippen molar-refractivity contribution >= 4 is 49.2 Å². The molecule has 158 valence electrons. The molecule has 3 heterocycles. The largest absolute Gasteiger partial charge is 0.298 e. The van der Waals surface area contributed by atoms with E-state index >= 15 is 0 Å². The molecule has 0 saturated carbocycles. The first-order valence-corrected chi connectivity index (χ1v) is 11.1. The molecule has 0 radical (unpaired) electrons. The van der Waals surface area contributed by atoms with Gasteiger partial charge >= 0.3 is 0 Å². The fraction of sp³-hybridized carbons (Fsp3) is 0.238. The minimum atomic E-state index is -0.628. The molecule has 4 aromatic rings. The summed E-state index contributed by atoms with van der Waals surface area (Å²) in [6, 6.07) is 9.81. The van der Waals surface area contributed by atoms with Crippen LogP contribution in [0.4, 0.5) is 19.7 Å². The fourth-order valence-corrected chi connectivity index (χ4v) is 4.80. The molecule has 0 atom stereocenters. The summed E-state index contributed by atoms with van der Waals surface area (Å²) >= 11 is 4.58. The van der Waals surface area contributed by atoms with Crippen LogP contribution in [0.1, 0.15) is 17.4 Å². The van der Waals surface area contributed by atoms with E-state index in [1.165, 1.54) is 12.1 Å². The first-order valence-electron chi connectivity index (χ1n) is 9.50. The van der Waals surface area contributed by atoms with Gasteiger partial charge in [0.1, 0.15) is 44.8 Å². The fourth-order valence-electron chi connectivity index (χ4n) is 3.37. The highest BCUT2D eigenvalue weighted by Crippen LogP contribution is 2.39. The number of anilines is 2. The molecule has 0 amide bonds. The number of aromatic nitrogens is 4. The van der Waals surface area contributed by atoms with E-state index in [9.17, 15) is 14.0 Å². The molecule has 31 heavy (non-hydrogen) atoms. The van der Waals surface area contributed by atoms with Gasteiger partial charge in [0.2, 0.25) is 0 Å². The monoisotopic (exact) mass is 502 g/mol. The second-order valence-corrected chi connectivity index (χ2v) is 8.52. The SMILES string of the molecule is CCn1nc2c(C)cc(Br)nc2c1N(CCF)c1nc(-c2ccc(F)cc2)c(C#N)s1. The number of rotatable bonds is 6. The standard InChI is InChI=1S/C21H17BrF2N6S/c1-3-30-20(19-17(28-30)12(2)10-16(22)26-19)29(9-8-23)21-27-18(15(11-25)31-21)13-4-6-14(24)7-5-13/h4-7,10H,3,8-9H2,1-2H3. The van der Waals surface area contributed by atoms with Gasteiger partial charge in [-0.3, -0.25) is 4.90 Å². The maximum Gasteiger partial charge on any atom is 0.193 e. The molecule has 0 aliphatic rings. The highest BCUT2D eigenvalue weighted by molar-refractivity contribution is 9.10. The summed E-state index contributed by atoms with van der Waals surface area (Å²) in [6.45, 7) is 3.83. The Morgan fingerprint density at radius 2 is 1.97 bits per heavy atom. The molecule has 0 fully saturated rings. The van der Waals surface area contributed by atoms with Crippen molar-refractivity contribution in [3.05, 3.63) is 51.2 Å². The highest BCUT2D eigenvalue weighted by Gasteiger charge is 2.25. The van der Waals surface area contributed by atoms with Crippen molar-refractivity contribution in [3.63, 3.8) is 0 Å². The number of halogens is 3. The summed E-state index contributed by atoms with van der Waals surface area (Å²) in [5.41, 5.74) is 3.34. The van der Waals surface area contributed by atoms with Crippen molar-refractivity contribution in [2.24, 2.45) is 0 Å². The summed E-state index contributed by atoms with van der Waals surface area (Å²) in [6.07, 6.45) is 0. The van der Waals surface area contributed by atoms with Crippen molar-refractivity contribution in [1.82, 2.24) is 19.7 Å². The lowest BCUT2D eigenvalue weighted by Crippen LogP contribution is -2.23. The Kier molecular flexibility index (Phi) is 5.98. The molecule has 0 N–H and O–H groups in total. The Bertz CT molecular complexity index is 1290. The minimum absolute atomic E-state index is 0.0231. The number of benzene rings is 1. The third-order valence-corrected chi connectivity index (χ3v) is 6.15. The lowest BCUT2D eigenvalue weighted by Gasteiger charge is -2.21. The Hall–Kier alpha value is -2.90. The smallest absolute Gasteiger partial charge is 0.193 e. The van der Waals surface area contributed by atoms with Gasteiger partial charge in [0.25, 0.3) is 0 Å².